The molecule has 0 aliphatic carbocycles. The highest BCUT2D eigenvalue weighted by molar-refractivity contribution is 5.94. The van der Waals surface area contributed by atoms with Gasteiger partial charge < -0.3 is 11.1 Å². The van der Waals surface area contributed by atoms with Crippen LogP contribution in [0.3, 0.4) is 0 Å². The lowest BCUT2D eigenvalue weighted by Crippen LogP contribution is -2.34. The maximum Gasteiger partial charge on any atom is 0.238 e. The summed E-state index contributed by atoms with van der Waals surface area (Å²) in [4.78, 5) is 14.8. The number of para-hydroxylation sites is 1. The van der Waals surface area contributed by atoms with E-state index >= 15 is 0 Å². The van der Waals surface area contributed by atoms with Crippen LogP contribution in [-0.2, 0) is 4.79 Å². The lowest BCUT2D eigenvalue weighted by Gasteiger charge is -2.19. The van der Waals surface area contributed by atoms with Gasteiger partial charge in [-0.15, -0.1) is 0 Å². The highest BCUT2D eigenvalue weighted by Gasteiger charge is 2.32. The molecule has 0 spiro atoms. The van der Waals surface area contributed by atoms with Gasteiger partial charge in [0.25, 0.3) is 0 Å². The molecule has 138 valence electrons. The van der Waals surface area contributed by atoms with E-state index in [-0.39, 0.29) is 17.9 Å². The molecule has 1 heterocycles. The second-order valence-corrected chi connectivity index (χ2v) is 7.62. The number of benzene rings is 2. The van der Waals surface area contributed by atoms with Crippen molar-refractivity contribution in [2.45, 2.75) is 38.6 Å². The van der Waals surface area contributed by atoms with E-state index in [1.165, 1.54) is 11.1 Å². The van der Waals surface area contributed by atoms with Crippen molar-refractivity contribution in [3.05, 3.63) is 65.2 Å². The Kier molecular flexibility index (Phi) is 5.74. The minimum atomic E-state index is 0.0297. The van der Waals surface area contributed by atoms with Gasteiger partial charge in [-0.3, -0.25) is 9.69 Å². The molecule has 3 rings (SSSR count). The van der Waals surface area contributed by atoms with Crippen LogP contribution < -0.4 is 11.1 Å². The fourth-order valence-electron chi connectivity index (χ4n) is 3.82. The smallest absolute Gasteiger partial charge is 0.238 e. The Bertz CT molecular complexity index is 757. The number of aryl methyl sites for hydroxylation is 1. The quantitative estimate of drug-likeness (QED) is 0.867. The second-order valence-electron chi connectivity index (χ2n) is 7.62. The zero-order valence-corrected chi connectivity index (χ0v) is 15.9. The van der Waals surface area contributed by atoms with Crippen LogP contribution >= 0.6 is 0 Å². The Balaban J connectivity index is 1.65. The number of rotatable bonds is 5. The molecule has 0 bridgehead atoms. The molecule has 0 saturated carbocycles. The van der Waals surface area contributed by atoms with Gasteiger partial charge in [0.1, 0.15) is 0 Å². The Labute approximate surface area is 156 Å². The monoisotopic (exact) mass is 351 g/mol. The number of anilines is 1. The van der Waals surface area contributed by atoms with Gasteiger partial charge in [-0.2, -0.15) is 0 Å². The minimum Gasteiger partial charge on any atom is -0.326 e. The van der Waals surface area contributed by atoms with Gasteiger partial charge in [0.2, 0.25) is 5.91 Å². The molecule has 4 nitrogen and oxygen atoms in total. The molecule has 0 aromatic heterocycles. The predicted octanol–water partition coefficient (Wildman–Crippen LogP) is 3.48. The third-order valence-corrected chi connectivity index (χ3v) is 5.23. The van der Waals surface area contributed by atoms with Crippen LogP contribution in [0.5, 0.6) is 0 Å². The molecule has 1 aliphatic heterocycles. The number of carbonyl (C=O) groups is 1. The first-order valence-corrected chi connectivity index (χ1v) is 9.38. The molecule has 1 fully saturated rings. The third-order valence-electron chi connectivity index (χ3n) is 5.23. The van der Waals surface area contributed by atoms with E-state index in [1.54, 1.807) is 0 Å². The van der Waals surface area contributed by atoms with E-state index in [4.69, 9.17) is 5.73 Å². The summed E-state index contributed by atoms with van der Waals surface area (Å²) in [7, 11) is 0. The third kappa shape index (κ3) is 4.14. The lowest BCUT2D eigenvalue weighted by molar-refractivity contribution is -0.117. The standard InChI is InChI=1S/C22H29N3O/c1-15(2)18-11-7-8-16(3)22(18)24-21(26)14-25-12-19(20(23)13-25)17-9-5-4-6-10-17/h4-11,15,19-20H,12-14,23H2,1-3H3,(H,24,26)/t19-,20+/m0/s1. The van der Waals surface area contributed by atoms with Crippen molar-refractivity contribution >= 4 is 11.6 Å². The average molecular weight is 351 g/mol. The minimum absolute atomic E-state index is 0.0297. The van der Waals surface area contributed by atoms with E-state index in [9.17, 15) is 4.79 Å². The van der Waals surface area contributed by atoms with Gasteiger partial charge in [-0.1, -0.05) is 62.4 Å². The van der Waals surface area contributed by atoms with Gasteiger partial charge in [0.15, 0.2) is 0 Å². The number of nitrogens with two attached hydrogens (primary N) is 1. The first kappa shape index (κ1) is 18.6. The van der Waals surface area contributed by atoms with Crippen LogP contribution in [0.1, 0.15) is 42.4 Å². The van der Waals surface area contributed by atoms with Crippen LogP contribution in [0.15, 0.2) is 48.5 Å². The molecule has 26 heavy (non-hydrogen) atoms. The first-order chi connectivity index (χ1) is 12.5. The summed E-state index contributed by atoms with van der Waals surface area (Å²) in [5.41, 5.74) is 10.8. The summed E-state index contributed by atoms with van der Waals surface area (Å²) in [5, 5.41) is 3.14. The van der Waals surface area contributed by atoms with Crippen molar-refractivity contribution in [2.75, 3.05) is 25.0 Å². The van der Waals surface area contributed by atoms with Gasteiger partial charge in [-0.25, -0.2) is 0 Å². The summed E-state index contributed by atoms with van der Waals surface area (Å²) >= 11 is 0. The fourth-order valence-corrected chi connectivity index (χ4v) is 3.82. The van der Waals surface area contributed by atoms with E-state index in [1.807, 2.05) is 37.3 Å². The van der Waals surface area contributed by atoms with Gasteiger partial charge in [-0.05, 0) is 29.5 Å². The molecule has 0 unspecified atom stereocenters. The first-order valence-electron chi connectivity index (χ1n) is 9.38. The summed E-state index contributed by atoms with van der Waals surface area (Å²) in [5.74, 6) is 0.684. The van der Waals surface area contributed by atoms with Crippen LogP contribution in [-0.4, -0.2) is 36.5 Å². The van der Waals surface area contributed by atoms with Gasteiger partial charge in [0, 0.05) is 30.7 Å². The van der Waals surface area contributed by atoms with Gasteiger partial charge in [0.05, 0.1) is 6.54 Å². The SMILES string of the molecule is Cc1cccc(C(C)C)c1NC(=O)CN1C[C@@H](N)[C@H](c2ccccc2)C1. The molecule has 1 amide bonds. The van der Waals surface area contributed by atoms with E-state index in [0.717, 1.165) is 24.3 Å². The van der Waals surface area contributed by atoms with E-state index in [2.05, 4.69) is 42.3 Å². The predicted molar refractivity (Wildman–Crippen MR) is 107 cm³/mol. The molecule has 4 heteroatoms. The Morgan fingerprint density at radius 2 is 1.88 bits per heavy atom. The molecular weight excluding hydrogens is 322 g/mol. The summed E-state index contributed by atoms with van der Waals surface area (Å²) in [6.07, 6.45) is 0. The highest BCUT2D eigenvalue weighted by atomic mass is 16.2. The number of nitrogens with zero attached hydrogens (tertiary/aromatic N) is 1. The van der Waals surface area contributed by atoms with Crippen molar-refractivity contribution in [1.29, 1.82) is 0 Å². The van der Waals surface area contributed by atoms with E-state index in [0.29, 0.717) is 12.5 Å². The Morgan fingerprint density at radius 1 is 1.15 bits per heavy atom. The molecule has 3 N–H and O–H groups in total. The average Bonchev–Trinajstić information content (AvgIpc) is 2.97. The zero-order chi connectivity index (χ0) is 18.7. The van der Waals surface area contributed by atoms with Crippen molar-refractivity contribution in [3.63, 3.8) is 0 Å². The van der Waals surface area contributed by atoms with Crippen LogP contribution in [0.2, 0.25) is 0 Å². The molecule has 2 atom stereocenters. The van der Waals surface area contributed by atoms with Crippen LogP contribution in [0, 0.1) is 6.92 Å². The number of carbonyl (C=O) groups excluding carboxylic acids is 1. The fraction of sp³-hybridized carbons (Fsp3) is 0.409. The van der Waals surface area contributed by atoms with Crippen LogP contribution in [0.4, 0.5) is 5.69 Å². The van der Waals surface area contributed by atoms with Crippen molar-refractivity contribution in [2.24, 2.45) is 5.73 Å². The summed E-state index contributed by atoms with van der Waals surface area (Å²) in [6.45, 7) is 8.28. The van der Waals surface area contributed by atoms with Crippen molar-refractivity contribution in [1.82, 2.24) is 4.90 Å². The maximum atomic E-state index is 12.7. The summed E-state index contributed by atoms with van der Waals surface area (Å²) in [6, 6.07) is 16.6. The number of hydrogen-bond acceptors (Lipinski definition) is 3. The second kappa shape index (κ2) is 8.02. The van der Waals surface area contributed by atoms with E-state index < -0.39 is 0 Å². The largest absolute Gasteiger partial charge is 0.326 e. The van der Waals surface area contributed by atoms with Crippen LogP contribution in [0.25, 0.3) is 0 Å². The summed E-state index contributed by atoms with van der Waals surface area (Å²) < 4.78 is 0. The van der Waals surface area contributed by atoms with Crippen molar-refractivity contribution in [3.8, 4) is 0 Å². The normalized spacial score (nSPS) is 20.5. The number of amides is 1. The topological polar surface area (TPSA) is 58.4 Å². The Morgan fingerprint density at radius 3 is 2.58 bits per heavy atom. The number of nitrogens with one attached hydrogen (secondary N) is 1. The zero-order valence-electron chi connectivity index (χ0n) is 15.9. The molecule has 1 aliphatic rings. The lowest BCUT2D eigenvalue weighted by atomic mass is 9.95. The molecule has 0 radical (unpaired) electrons. The Hall–Kier alpha value is -2.17. The molecular formula is C22H29N3O. The molecule has 1 saturated heterocycles. The number of likely N-dealkylation sites (tertiary alicyclic amines) is 1. The highest BCUT2D eigenvalue weighted by Crippen LogP contribution is 2.28. The molecule has 2 aromatic carbocycles. The maximum absolute atomic E-state index is 12.7. The van der Waals surface area contributed by atoms with Gasteiger partial charge >= 0.3 is 0 Å². The molecule has 2 aromatic rings. The number of hydrogen-bond donors (Lipinski definition) is 2. The van der Waals surface area contributed by atoms with Crippen molar-refractivity contribution < 1.29 is 4.79 Å².